The molecule has 0 saturated heterocycles. The average molecular weight is 358 g/mol. The fourth-order valence-electron chi connectivity index (χ4n) is 4.05. The summed E-state index contributed by atoms with van der Waals surface area (Å²) in [6.07, 6.45) is 3.05. The molecule has 6 heteroatoms. The van der Waals surface area contributed by atoms with Gasteiger partial charge in [-0.1, -0.05) is 32.4 Å². The van der Waals surface area contributed by atoms with Gasteiger partial charge in [-0.3, -0.25) is 10.1 Å². The molecule has 26 heavy (non-hydrogen) atoms. The van der Waals surface area contributed by atoms with Crippen LogP contribution in [0.3, 0.4) is 0 Å². The molecule has 1 aliphatic rings. The molecule has 1 heterocycles. The van der Waals surface area contributed by atoms with Crippen LogP contribution in [0, 0.1) is 11.8 Å². The van der Waals surface area contributed by atoms with E-state index in [9.17, 15) is 4.79 Å². The molecule has 2 atom stereocenters. The highest BCUT2D eigenvalue weighted by Gasteiger charge is 2.32. The molecule has 2 aromatic rings. The number of hydrogen-bond donors (Lipinski definition) is 2. The van der Waals surface area contributed by atoms with E-state index >= 15 is 0 Å². The number of nitrogens with two attached hydrogens (primary N) is 1. The van der Waals surface area contributed by atoms with E-state index in [4.69, 9.17) is 5.73 Å². The number of carbonyl (C=O) groups excluding carboxylic acids is 1. The van der Waals surface area contributed by atoms with Crippen molar-refractivity contribution in [1.29, 1.82) is 0 Å². The lowest BCUT2D eigenvalue weighted by Gasteiger charge is -2.20. The monoisotopic (exact) mass is 357 g/mol. The van der Waals surface area contributed by atoms with Gasteiger partial charge in [0.15, 0.2) is 0 Å². The molecule has 0 unspecified atom stereocenters. The third-order valence-electron chi connectivity index (χ3n) is 5.72. The summed E-state index contributed by atoms with van der Waals surface area (Å²) in [5.41, 5.74) is 7.84. The maximum absolute atomic E-state index is 12.8. The minimum atomic E-state index is 0.0102. The minimum Gasteiger partial charge on any atom is -0.330 e. The van der Waals surface area contributed by atoms with Crippen LogP contribution in [0.5, 0.6) is 0 Å². The van der Waals surface area contributed by atoms with Gasteiger partial charge >= 0.3 is 0 Å². The first-order chi connectivity index (χ1) is 12.7. The number of amides is 1. The normalized spacial score (nSPS) is 20.2. The zero-order chi connectivity index (χ0) is 18.5. The molecule has 0 aliphatic heterocycles. The fraction of sp³-hybridized carbons (Fsp3) is 0.600. The van der Waals surface area contributed by atoms with Crippen LogP contribution in [0.2, 0.25) is 0 Å². The minimum absolute atomic E-state index is 0.0102. The van der Waals surface area contributed by atoms with Gasteiger partial charge in [0.25, 0.3) is 0 Å². The summed E-state index contributed by atoms with van der Waals surface area (Å²) in [6.45, 7) is 8.71. The SMILES string of the molecule is CCN(CC)CCn1c(NC(=O)[C@@H]2CCC[C@@H]2CN)nc2ccccc21. The number of anilines is 1. The Labute approximate surface area is 155 Å². The van der Waals surface area contributed by atoms with Gasteiger partial charge in [0.1, 0.15) is 0 Å². The smallest absolute Gasteiger partial charge is 0.230 e. The average Bonchev–Trinajstić information content (AvgIpc) is 3.27. The topological polar surface area (TPSA) is 76.2 Å². The Hall–Kier alpha value is -1.92. The Morgan fingerprint density at radius 3 is 2.81 bits per heavy atom. The molecule has 6 nitrogen and oxygen atoms in total. The molecular weight excluding hydrogens is 326 g/mol. The van der Waals surface area contributed by atoms with Crippen LogP contribution in [0.1, 0.15) is 33.1 Å². The maximum Gasteiger partial charge on any atom is 0.230 e. The molecule has 1 fully saturated rings. The van der Waals surface area contributed by atoms with Gasteiger partial charge < -0.3 is 15.2 Å². The Morgan fingerprint density at radius 2 is 2.08 bits per heavy atom. The van der Waals surface area contributed by atoms with Crippen LogP contribution in [-0.4, -0.2) is 46.5 Å². The van der Waals surface area contributed by atoms with E-state index in [1.54, 1.807) is 0 Å². The maximum atomic E-state index is 12.8. The largest absolute Gasteiger partial charge is 0.330 e. The van der Waals surface area contributed by atoms with Gasteiger partial charge in [-0.25, -0.2) is 4.98 Å². The first-order valence-electron chi connectivity index (χ1n) is 9.86. The van der Waals surface area contributed by atoms with Gasteiger partial charge in [-0.05, 0) is 50.5 Å². The van der Waals surface area contributed by atoms with Gasteiger partial charge in [0.2, 0.25) is 11.9 Å². The van der Waals surface area contributed by atoms with Crippen LogP contribution in [0.4, 0.5) is 5.95 Å². The molecule has 0 spiro atoms. The molecule has 1 amide bonds. The van der Waals surface area contributed by atoms with Crippen LogP contribution in [0.15, 0.2) is 24.3 Å². The predicted molar refractivity (Wildman–Crippen MR) is 106 cm³/mol. The standard InChI is InChI=1S/C20H31N5O/c1-3-24(4-2)12-13-25-18-11-6-5-10-17(18)22-20(25)23-19(26)16-9-7-8-15(16)14-21/h5-6,10-11,15-16H,3-4,7-9,12-14,21H2,1-2H3,(H,22,23,26)/t15-,16-/m1/s1. The third kappa shape index (κ3) is 3.91. The molecule has 3 rings (SSSR count). The first-order valence-corrected chi connectivity index (χ1v) is 9.86. The number of likely N-dealkylation sites (N-methyl/N-ethyl adjacent to an activating group) is 1. The lowest BCUT2D eigenvalue weighted by atomic mass is 9.95. The second-order valence-electron chi connectivity index (χ2n) is 7.13. The number of para-hydroxylation sites is 2. The van der Waals surface area contributed by atoms with E-state index in [-0.39, 0.29) is 11.8 Å². The van der Waals surface area contributed by atoms with Crippen molar-refractivity contribution in [2.45, 2.75) is 39.7 Å². The van der Waals surface area contributed by atoms with Crippen LogP contribution in [0.25, 0.3) is 11.0 Å². The number of aromatic nitrogens is 2. The highest BCUT2D eigenvalue weighted by molar-refractivity contribution is 5.93. The Bertz CT molecular complexity index is 737. The van der Waals surface area contributed by atoms with Crippen molar-refractivity contribution in [1.82, 2.24) is 14.5 Å². The van der Waals surface area contributed by atoms with E-state index in [1.165, 1.54) is 0 Å². The van der Waals surface area contributed by atoms with Gasteiger partial charge in [0, 0.05) is 19.0 Å². The van der Waals surface area contributed by atoms with Crippen molar-refractivity contribution in [2.24, 2.45) is 17.6 Å². The summed E-state index contributed by atoms with van der Waals surface area (Å²) in [5.74, 6) is 1.03. The van der Waals surface area contributed by atoms with Crippen molar-refractivity contribution in [2.75, 3.05) is 31.5 Å². The van der Waals surface area contributed by atoms with Gasteiger partial charge in [-0.15, -0.1) is 0 Å². The van der Waals surface area contributed by atoms with Crippen LogP contribution in [-0.2, 0) is 11.3 Å². The molecule has 1 aromatic heterocycles. The van der Waals surface area contributed by atoms with Crippen molar-refractivity contribution in [3.05, 3.63) is 24.3 Å². The summed E-state index contributed by atoms with van der Waals surface area (Å²) in [6, 6.07) is 8.07. The highest BCUT2D eigenvalue weighted by Crippen LogP contribution is 2.32. The number of nitrogens with one attached hydrogen (secondary N) is 1. The van der Waals surface area contributed by atoms with Gasteiger partial charge in [0.05, 0.1) is 11.0 Å². The molecule has 0 radical (unpaired) electrons. The van der Waals surface area contributed by atoms with Gasteiger partial charge in [-0.2, -0.15) is 0 Å². The number of hydrogen-bond acceptors (Lipinski definition) is 4. The fourth-order valence-corrected chi connectivity index (χ4v) is 4.05. The summed E-state index contributed by atoms with van der Waals surface area (Å²) in [5, 5.41) is 3.10. The van der Waals surface area contributed by atoms with Crippen molar-refractivity contribution in [3.8, 4) is 0 Å². The lowest BCUT2D eigenvalue weighted by Crippen LogP contribution is -2.31. The van der Waals surface area contributed by atoms with E-state index in [0.29, 0.717) is 18.4 Å². The van der Waals surface area contributed by atoms with E-state index in [2.05, 4.69) is 39.7 Å². The Kier molecular flexibility index (Phi) is 6.27. The van der Waals surface area contributed by atoms with E-state index in [0.717, 1.165) is 56.5 Å². The number of imidazole rings is 1. The second kappa shape index (κ2) is 8.64. The van der Waals surface area contributed by atoms with Crippen LogP contribution >= 0.6 is 0 Å². The van der Waals surface area contributed by atoms with Crippen LogP contribution < -0.4 is 11.1 Å². The number of fused-ring (bicyclic) bond motifs is 1. The highest BCUT2D eigenvalue weighted by atomic mass is 16.2. The molecule has 142 valence electrons. The van der Waals surface area contributed by atoms with E-state index in [1.807, 2.05) is 18.2 Å². The summed E-state index contributed by atoms with van der Waals surface area (Å²) < 4.78 is 2.14. The Balaban J connectivity index is 1.82. The van der Waals surface area contributed by atoms with Crippen molar-refractivity contribution in [3.63, 3.8) is 0 Å². The number of benzene rings is 1. The van der Waals surface area contributed by atoms with Crippen molar-refractivity contribution < 1.29 is 4.79 Å². The Morgan fingerprint density at radius 1 is 1.31 bits per heavy atom. The molecule has 0 bridgehead atoms. The third-order valence-corrected chi connectivity index (χ3v) is 5.72. The number of nitrogens with zero attached hydrogens (tertiary/aromatic N) is 3. The quantitative estimate of drug-likeness (QED) is 0.761. The predicted octanol–water partition coefficient (Wildman–Crippen LogP) is 2.69. The zero-order valence-corrected chi connectivity index (χ0v) is 15.9. The van der Waals surface area contributed by atoms with E-state index < -0.39 is 0 Å². The summed E-state index contributed by atoms with van der Waals surface area (Å²) in [4.78, 5) is 19.9. The summed E-state index contributed by atoms with van der Waals surface area (Å²) >= 11 is 0. The molecule has 1 aromatic carbocycles. The molecule has 1 aliphatic carbocycles. The number of rotatable bonds is 8. The number of carbonyl (C=O) groups is 1. The summed E-state index contributed by atoms with van der Waals surface area (Å²) in [7, 11) is 0. The zero-order valence-electron chi connectivity index (χ0n) is 15.9. The first kappa shape index (κ1) is 18.9. The molecule has 3 N–H and O–H groups in total. The molecule has 1 saturated carbocycles. The van der Waals surface area contributed by atoms with Crippen molar-refractivity contribution >= 4 is 22.9 Å². The second-order valence-corrected chi connectivity index (χ2v) is 7.13. The molecular formula is C20H31N5O. The lowest BCUT2D eigenvalue weighted by molar-refractivity contribution is -0.120.